The van der Waals surface area contributed by atoms with Crippen LogP contribution in [-0.4, -0.2) is 12.1 Å². The lowest BCUT2D eigenvalue weighted by molar-refractivity contribution is -0.120. The molecule has 2 aromatic carbocycles. The number of carbonyl (C=O) groups is 1. The number of aryl methyl sites for hydroxylation is 1. The fourth-order valence-electron chi connectivity index (χ4n) is 2.48. The minimum atomic E-state index is -0.107. The van der Waals surface area contributed by atoms with Crippen LogP contribution in [0.4, 0.5) is 0 Å². The molecule has 0 fully saturated rings. The first-order valence-corrected chi connectivity index (χ1v) is 8.45. The normalized spacial score (nSPS) is 11.2. The largest absolute Gasteiger partial charge is 0.273 e. The van der Waals surface area contributed by atoms with E-state index in [1.165, 1.54) is 4.88 Å². The predicted molar refractivity (Wildman–Crippen MR) is 97.1 cm³/mol. The van der Waals surface area contributed by atoms with Crippen molar-refractivity contribution in [1.82, 2.24) is 5.43 Å². The summed E-state index contributed by atoms with van der Waals surface area (Å²) in [6.45, 7) is 2.12. The van der Waals surface area contributed by atoms with Gasteiger partial charge in [-0.1, -0.05) is 49.4 Å². The molecule has 0 radical (unpaired) electrons. The topological polar surface area (TPSA) is 41.5 Å². The van der Waals surface area contributed by atoms with Crippen molar-refractivity contribution in [2.45, 2.75) is 19.8 Å². The molecule has 0 saturated heterocycles. The number of benzene rings is 2. The molecule has 0 aliphatic rings. The minimum absolute atomic E-state index is 0.107. The van der Waals surface area contributed by atoms with Crippen LogP contribution in [0.15, 0.2) is 59.7 Å². The Morgan fingerprint density at radius 2 is 1.96 bits per heavy atom. The number of thiophene rings is 1. The maximum absolute atomic E-state index is 12.1. The Hall–Kier alpha value is -2.46. The molecular formula is C19H18N2OS. The molecule has 1 aromatic heterocycles. The molecule has 0 bridgehead atoms. The Balaban J connectivity index is 1.64. The van der Waals surface area contributed by atoms with E-state index in [4.69, 9.17) is 0 Å². The van der Waals surface area contributed by atoms with E-state index in [0.29, 0.717) is 6.42 Å². The van der Waals surface area contributed by atoms with Gasteiger partial charge >= 0.3 is 0 Å². The van der Waals surface area contributed by atoms with E-state index in [2.05, 4.69) is 35.7 Å². The second kappa shape index (κ2) is 7.20. The Kier molecular flexibility index (Phi) is 4.83. The summed E-state index contributed by atoms with van der Waals surface area (Å²) >= 11 is 1.69. The van der Waals surface area contributed by atoms with Crippen LogP contribution in [0.25, 0.3) is 10.8 Å². The van der Waals surface area contributed by atoms with Crippen LogP contribution in [0.1, 0.15) is 22.2 Å². The highest BCUT2D eigenvalue weighted by Gasteiger charge is 2.05. The molecule has 0 spiro atoms. The molecule has 3 aromatic rings. The van der Waals surface area contributed by atoms with Crippen LogP contribution in [0.5, 0.6) is 0 Å². The fraction of sp³-hybridized carbons (Fsp3) is 0.158. The van der Waals surface area contributed by atoms with E-state index in [-0.39, 0.29) is 5.91 Å². The van der Waals surface area contributed by atoms with Gasteiger partial charge in [-0.05, 0) is 34.9 Å². The van der Waals surface area contributed by atoms with Gasteiger partial charge in [0.25, 0.3) is 0 Å². The summed E-state index contributed by atoms with van der Waals surface area (Å²) in [7, 11) is 0. The van der Waals surface area contributed by atoms with Crippen molar-refractivity contribution in [2.75, 3.05) is 0 Å². The monoisotopic (exact) mass is 322 g/mol. The van der Waals surface area contributed by atoms with E-state index in [0.717, 1.165) is 27.6 Å². The van der Waals surface area contributed by atoms with Crippen molar-refractivity contribution in [3.8, 4) is 0 Å². The lowest BCUT2D eigenvalue weighted by Crippen LogP contribution is -2.19. The molecule has 0 aliphatic heterocycles. The van der Waals surface area contributed by atoms with Crippen LogP contribution >= 0.6 is 11.3 Å². The van der Waals surface area contributed by atoms with Crippen LogP contribution in [0, 0.1) is 0 Å². The highest BCUT2D eigenvalue weighted by atomic mass is 32.1. The van der Waals surface area contributed by atoms with Crippen molar-refractivity contribution < 1.29 is 4.79 Å². The molecule has 0 unspecified atom stereocenters. The van der Waals surface area contributed by atoms with Gasteiger partial charge in [0.05, 0.1) is 12.6 Å². The number of rotatable bonds is 5. The van der Waals surface area contributed by atoms with Crippen LogP contribution < -0.4 is 5.43 Å². The van der Waals surface area contributed by atoms with E-state index in [1.54, 1.807) is 17.6 Å². The molecule has 1 heterocycles. The Bertz CT molecular complexity index is 846. The van der Waals surface area contributed by atoms with Gasteiger partial charge in [-0.2, -0.15) is 5.10 Å². The molecule has 0 atom stereocenters. The van der Waals surface area contributed by atoms with Gasteiger partial charge < -0.3 is 0 Å². The quantitative estimate of drug-likeness (QED) is 0.556. The van der Waals surface area contributed by atoms with Gasteiger partial charge in [0.1, 0.15) is 0 Å². The summed E-state index contributed by atoms with van der Waals surface area (Å²) in [5, 5.41) is 6.31. The van der Waals surface area contributed by atoms with E-state index >= 15 is 0 Å². The summed E-state index contributed by atoms with van der Waals surface area (Å²) in [4.78, 5) is 14.4. The van der Waals surface area contributed by atoms with Crippen molar-refractivity contribution in [3.63, 3.8) is 0 Å². The van der Waals surface area contributed by atoms with Gasteiger partial charge in [-0.25, -0.2) is 5.43 Å². The molecule has 0 saturated carbocycles. The number of amides is 1. The minimum Gasteiger partial charge on any atom is -0.273 e. The summed E-state index contributed by atoms with van der Waals surface area (Å²) in [6, 6.07) is 18.2. The average molecular weight is 322 g/mol. The number of nitrogens with zero attached hydrogens (tertiary/aromatic N) is 1. The van der Waals surface area contributed by atoms with Gasteiger partial charge in [-0.3, -0.25) is 4.79 Å². The van der Waals surface area contributed by atoms with Crippen molar-refractivity contribution in [3.05, 3.63) is 69.9 Å². The van der Waals surface area contributed by atoms with Crippen molar-refractivity contribution in [1.29, 1.82) is 0 Å². The second-order valence-corrected chi connectivity index (χ2v) is 6.47. The number of nitrogens with one attached hydrogen (secondary N) is 1. The zero-order valence-electron chi connectivity index (χ0n) is 13.0. The number of carbonyl (C=O) groups excluding carboxylic acids is 1. The first kappa shape index (κ1) is 15.4. The Labute approximate surface area is 139 Å². The second-order valence-electron chi connectivity index (χ2n) is 5.27. The molecule has 0 aliphatic carbocycles. The zero-order chi connectivity index (χ0) is 16.1. The SMILES string of the molecule is CCc1ccc(C=NNC(=O)Cc2cccc3ccccc23)s1. The van der Waals surface area contributed by atoms with Gasteiger partial charge in [-0.15, -0.1) is 11.3 Å². The van der Waals surface area contributed by atoms with Crippen LogP contribution in [0.3, 0.4) is 0 Å². The first-order valence-electron chi connectivity index (χ1n) is 7.63. The third-order valence-corrected chi connectivity index (χ3v) is 4.81. The lowest BCUT2D eigenvalue weighted by atomic mass is 10.0. The predicted octanol–water partition coefficient (Wildman–Crippen LogP) is 4.16. The van der Waals surface area contributed by atoms with Crippen molar-refractivity contribution >= 4 is 34.2 Å². The highest BCUT2D eigenvalue weighted by molar-refractivity contribution is 7.13. The highest BCUT2D eigenvalue weighted by Crippen LogP contribution is 2.19. The number of hydrogen-bond donors (Lipinski definition) is 1. The average Bonchev–Trinajstić information content (AvgIpc) is 3.03. The third-order valence-electron chi connectivity index (χ3n) is 3.64. The van der Waals surface area contributed by atoms with E-state index in [9.17, 15) is 4.79 Å². The zero-order valence-corrected chi connectivity index (χ0v) is 13.8. The number of fused-ring (bicyclic) bond motifs is 1. The van der Waals surface area contributed by atoms with Crippen molar-refractivity contribution in [2.24, 2.45) is 5.10 Å². The standard InChI is InChI=1S/C19H18N2OS/c1-2-16-10-11-17(23-16)13-20-21-19(22)12-15-8-5-7-14-6-3-4-9-18(14)15/h3-11,13H,2,12H2,1H3,(H,21,22). The fourth-order valence-corrected chi connectivity index (χ4v) is 3.31. The molecular weight excluding hydrogens is 304 g/mol. The third kappa shape index (κ3) is 3.85. The molecule has 1 N–H and O–H groups in total. The van der Waals surface area contributed by atoms with Crippen LogP contribution in [-0.2, 0) is 17.6 Å². The lowest BCUT2D eigenvalue weighted by Gasteiger charge is -2.05. The number of hydrogen-bond acceptors (Lipinski definition) is 3. The number of hydrazone groups is 1. The van der Waals surface area contributed by atoms with Gasteiger partial charge in [0, 0.05) is 9.75 Å². The molecule has 4 heteroatoms. The summed E-state index contributed by atoms with van der Waals surface area (Å²) in [5.74, 6) is -0.107. The summed E-state index contributed by atoms with van der Waals surface area (Å²) in [6.07, 6.45) is 3.04. The van der Waals surface area contributed by atoms with Gasteiger partial charge in [0.2, 0.25) is 5.91 Å². The first-order chi connectivity index (χ1) is 11.3. The molecule has 23 heavy (non-hydrogen) atoms. The summed E-state index contributed by atoms with van der Waals surface area (Å²) < 4.78 is 0. The Morgan fingerprint density at radius 3 is 2.78 bits per heavy atom. The molecule has 3 rings (SSSR count). The van der Waals surface area contributed by atoms with Gasteiger partial charge in [0.15, 0.2) is 0 Å². The summed E-state index contributed by atoms with van der Waals surface area (Å²) in [5.41, 5.74) is 3.62. The maximum atomic E-state index is 12.1. The maximum Gasteiger partial charge on any atom is 0.244 e. The Morgan fingerprint density at radius 1 is 1.13 bits per heavy atom. The smallest absolute Gasteiger partial charge is 0.244 e. The molecule has 3 nitrogen and oxygen atoms in total. The molecule has 1 amide bonds. The van der Waals surface area contributed by atoms with Crippen LogP contribution in [0.2, 0.25) is 0 Å². The van der Waals surface area contributed by atoms with E-state index in [1.807, 2.05) is 36.4 Å². The van der Waals surface area contributed by atoms with E-state index < -0.39 is 0 Å². The molecule has 116 valence electrons.